The highest BCUT2D eigenvalue weighted by molar-refractivity contribution is 9.13. The lowest BCUT2D eigenvalue weighted by atomic mass is 9.83. The van der Waals surface area contributed by atoms with Gasteiger partial charge in [-0.25, -0.2) is 0 Å². The molecule has 0 saturated heterocycles. The van der Waals surface area contributed by atoms with Gasteiger partial charge in [0.2, 0.25) is 0 Å². The average molecular weight is 435 g/mol. The van der Waals surface area contributed by atoms with E-state index in [1.165, 1.54) is 40.8 Å². The molecule has 0 unspecified atom stereocenters. The van der Waals surface area contributed by atoms with Crippen LogP contribution in [0.5, 0.6) is 0 Å². The highest BCUT2D eigenvalue weighted by Crippen LogP contribution is 2.36. The van der Waals surface area contributed by atoms with Gasteiger partial charge >= 0.3 is 0 Å². The molecule has 1 heterocycles. The van der Waals surface area contributed by atoms with Crippen molar-refractivity contribution in [3.05, 3.63) is 24.8 Å². The summed E-state index contributed by atoms with van der Waals surface area (Å²) in [5.74, 6) is 0.758. The molecule has 0 aliphatic heterocycles. The van der Waals surface area contributed by atoms with Crippen LogP contribution < -0.4 is 5.32 Å². The molecule has 1 nitrogen and oxygen atoms in total. The lowest BCUT2D eigenvalue weighted by Crippen LogP contribution is -2.38. The van der Waals surface area contributed by atoms with E-state index >= 15 is 0 Å². The zero-order chi connectivity index (χ0) is 15.5. The van der Waals surface area contributed by atoms with Gasteiger partial charge in [-0.3, -0.25) is 0 Å². The second-order valence-electron chi connectivity index (χ2n) is 6.93. The zero-order valence-corrected chi connectivity index (χ0v) is 17.1. The zero-order valence-electron chi connectivity index (χ0n) is 13.1. The van der Waals surface area contributed by atoms with Crippen LogP contribution in [0.2, 0.25) is 0 Å². The number of hydrogen-bond donors (Lipinski definition) is 1. The highest BCUT2D eigenvalue weighted by Gasteiger charge is 2.20. The van der Waals surface area contributed by atoms with E-state index < -0.39 is 0 Å². The molecule has 1 aliphatic rings. The van der Waals surface area contributed by atoms with Gasteiger partial charge in [0.15, 0.2) is 0 Å². The third-order valence-electron chi connectivity index (χ3n) is 3.94. The summed E-state index contributed by atoms with van der Waals surface area (Å²) in [6.45, 7) is 7.72. The molecular formula is C17H25Br2NS. The first-order chi connectivity index (χ1) is 9.85. The van der Waals surface area contributed by atoms with Gasteiger partial charge in [0, 0.05) is 21.4 Å². The van der Waals surface area contributed by atoms with E-state index in [0.717, 1.165) is 16.9 Å². The summed E-state index contributed by atoms with van der Waals surface area (Å²) in [7, 11) is 0. The van der Waals surface area contributed by atoms with Crippen LogP contribution in [0.4, 0.5) is 0 Å². The molecule has 1 aromatic rings. The van der Waals surface area contributed by atoms with Crippen LogP contribution in [0.3, 0.4) is 0 Å². The molecule has 1 aliphatic carbocycles. The molecule has 118 valence electrons. The molecule has 1 saturated carbocycles. The molecule has 2 rings (SSSR count). The van der Waals surface area contributed by atoms with E-state index in [2.05, 4.69) is 70.1 Å². The molecule has 0 amide bonds. The van der Waals surface area contributed by atoms with Gasteiger partial charge in [-0.05, 0) is 83.5 Å². The van der Waals surface area contributed by atoms with E-state index in [1.807, 2.05) is 0 Å². The number of nitrogens with one attached hydrogen (secondary N) is 1. The van der Waals surface area contributed by atoms with Crippen LogP contribution in [-0.2, 0) is 0 Å². The summed E-state index contributed by atoms with van der Waals surface area (Å²) in [5.41, 5.74) is 1.75. The van der Waals surface area contributed by atoms with Crippen LogP contribution in [0.25, 0.3) is 6.08 Å². The molecule has 0 radical (unpaired) electrons. The third-order valence-corrected chi connectivity index (χ3v) is 7.15. The van der Waals surface area contributed by atoms with Gasteiger partial charge < -0.3 is 5.32 Å². The Bertz CT molecular complexity index is 474. The van der Waals surface area contributed by atoms with Gasteiger partial charge in [-0.1, -0.05) is 24.8 Å². The van der Waals surface area contributed by atoms with Crippen molar-refractivity contribution < 1.29 is 0 Å². The summed E-state index contributed by atoms with van der Waals surface area (Å²) >= 11 is 9.00. The second-order valence-corrected chi connectivity index (χ2v) is 10.2. The first-order valence-electron chi connectivity index (χ1n) is 7.75. The lowest BCUT2D eigenvalue weighted by molar-refractivity contribution is 0.378. The minimum absolute atomic E-state index is 0.171. The Hall–Kier alpha value is 0.360. The fraction of sp³-hybridized carbons (Fsp3) is 0.647. The van der Waals surface area contributed by atoms with Gasteiger partial charge in [0.25, 0.3) is 0 Å². The van der Waals surface area contributed by atoms with E-state index in [4.69, 9.17) is 0 Å². The Kier molecular flexibility index (Phi) is 6.54. The van der Waals surface area contributed by atoms with Crippen LogP contribution in [0, 0.1) is 5.92 Å². The Balaban J connectivity index is 2.17. The summed E-state index contributed by atoms with van der Waals surface area (Å²) in [6.07, 6.45) is 9.29. The van der Waals surface area contributed by atoms with Crippen molar-refractivity contribution >= 4 is 49.3 Å². The van der Waals surface area contributed by atoms with E-state index in [0.29, 0.717) is 0 Å². The molecule has 1 N–H and O–H groups in total. The lowest BCUT2D eigenvalue weighted by Gasteiger charge is -2.28. The Morgan fingerprint density at radius 3 is 2.48 bits per heavy atom. The summed E-state index contributed by atoms with van der Waals surface area (Å²) in [6, 6.07) is 2.22. The second kappa shape index (κ2) is 7.76. The third kappa shape index (κ3) is 5.81. The van der Waals surface area contributed by atoms with E-state index in [1.54, 1.807) is 16.9 Å². The maximum absolute atomic E-state index is 3.67. The van der Waals surface area contributed by atoms with Crippen molar-refractivity contribution in [2.75, 3.05) is 6.54 Å². The quantitative estimate of drug-likeness (QED) is 0.560. The normalized spacial score (nSPS) is 18.2. The topological polar surface area (TPSA) is 12.0 Å². The molecule has 0 aromatic carbocycles. The maximum atomic E-state index is 3.67. The van der Waals surface area contributed by atoms with Crippen molar-refractivity contribution in [3.8, 4) is 0 Å². The molecule has 0 atom stereocenters. The Morgan fingerprint density at radius 1 is 1.29 bits per heavy atom. The van der Waals surface area contributed by atoms with E-state index in [-0.39, 0.29) is 5.54 Å². The molecule has 0 spiro atoms. The van der Waals surface area contributed by atoms with E-state index in [9.17, 15) is 0 Å². The first kappa shape index (κ1) is 17.7. The number of halogens is 2. The molecule has 21 heavy (non-hydrogen) atoms. The molecule has 1 fully saturated rings. The molecular weight excluding hydrogens is 410 g/mol. The molecule has 4 heteroatoms. The average Bonchev–Trinajstić information content (AvgIpc) is 2.73. The Morgan fingerprint density at radius 2 is 1.95 bits per heavy atom. The fourth-order valence-electron chi connectivity index (χ4n) is 2.77. The van der Waals surface area contributed by atoms with Gasteiger partial charge in [-0.2, -0.15) is 0 Å². The Labute approximate surface area is 149 Å². The highest BCUT2D eigenvalue weighted by atomic mass is 79.9. The summed E-state index contributed by atoms with van der Waals surface area (Å²) in [5, 5.41) is 3.67. The minimum atomic E-state index is 0.171. The standard InChI is InChI=1S/C17H25Br2NS/c1-17(2,3)20-11-13(12-7-5-4-6-8-12)9-14-10-15(18)16(19)21-14/h9-10,12,20H,4-8,11H2,1-3H3. The maximum Gasteiger partial charge on any atom is 0.0846 e. The minimum Gasteiger partial charge on any atom is -0.308 e. The predicted molar refractivity (Wildman–Crippen MR) is 102 cm³/mol. The van der Waals surface area contributed by atoms with Crippen molar-refractivity contribution in [2.24, 2.45) is 5.92 Å². The van der Waals surface area contributed by atoms with Gasteiger partial charge in [-0.15, -0.1) is 11.3 Å². The van der Waals surface area contributed by atoms with Crippen LogP contribution in [0.15, 0.2) is 19.9 Å². The predicted octanol–water partition coefficient (Wildman–Crippen LogP) is 6.62. The monoisotopic (exact) mass is 433 g/mol. The van der Waals surface area contributed by atoms with Crippen molar-refractivity contribution in [2.45, 2.75) is 58.4 Å². The van der Waals surface area contributed by atoms with Gasteiger partial charge in [0.1, 0.15) is 0 Å². The van der Waals surface area contributed by atoms with Crippen molar-refractivity contribution in [1.82, 2.24) is 5.32 Å². The van der Waals surface area contributed by atoms with Crippen molar-refractivity contribution in [3.63, 3.8) is 0 Å². The van der Waals surface area contributed by atoms with Crippen LogP contribution >= 0.6 is 43.2 Å². The summed E-state index contributed by atoms with van der Waals surface area (Å²) in [4.78, 5) is 1.34. The number of thiophene rings is 1. The number of hydrogen-bond acceptors (Lipinski definition) is 2. The largest absolute Gasteiger partial charge is 0.308 e. The fourth-order valence-corrected chi connectivity index (χ4v) is 4.84. The van der Waals surface area contributed by atoms with Crippen molar-refractivity contribution in [1.29, 1.82) is 0 Å². The SMILES string of the molecule is CC(C)(C)NCC(=Cc1cc(Br)c(Br)s1)C1CCCCC1. The summed E-state index contributed by atoms with van der Waals surface area (Å²) < 4.78 is 2.34. The van der Waals surface area contributed by atoms with Crippen LogP contribution in [-0.4, -0.2) is 12.1 Å². The number of rotatable bonds is 4. The first-order valence-corrected chi connectivity index (χ1v) is 10.2. The van der Waals surface area contributed by atoms with Gasteiger partial charge in [0.05, 0.1) is 3.79 Å². The smallest absolute Gasteiger partial charge is 0.0846 e. The molecule has 1 aromatic heterocycles. The van der Waals surface area contributed by atoms with Crippen LogP contribution in [0.1, 0.15) is 57.8 Å². The molecule has 0 bridgehead atoms.